The van der Waals surface area contributed by atoms with Gasteiger partial charge in [0.25, 0.3) is 0 Å². The molecule has 0 amide bonds. The number of nitrogens with zero attached hydrogens (tertiary/aromatic N) is 1. The molecule has 8 aromatic rings. The van der Waals surface area contributed by atoms with Crippen LogP contribution in [0.1, 0.15) is 22.3 Å². The quantitative estimate of drug-likeness (QED) is 0.189. The molecule has 2 aliphatic carbocycles. The van der Waals surface area contributed by atoms with Crippen molar-refractivity contribution in [3.05, 3.63) is 210 Å². The minimum absolute atomic E-state index is 0.522. The normalized spacial score (nSPS) is 13.8. The first-order chi connectivity index (χ1) is 25.3. The highest BCUT2D eigenvalue weighted by atomic mass is 16.5. The highest BCUT2D eigenvalue weighted by Crippen LogP contribution is 2.67. The van der Waals surface area contributed by atoms with Crippen LogP contribution in [0, 0.1) is 0 Å². The average Bonchev–Trinajstić information content (AvgIpc) is 3.68. The van der Waals surface area contributed by atoms with Gasteiger partial charge in [0.2, 0.25) is 0 Å². The first kappa shape index (κ1) is 28.2. The molecule has 0 aromatic heterocycles. The number of benzene rings is 8. The zero-order chi connectivity index (χ0) is 33.5. The topological polar surface area (TPSA) is 12.5 Å². The third-order valence-electron chi connectivity index (χ3n) is 11.1. The van der Waals surface area contributed by atoms with E-state index in [0.29, 0.717) is 0 Å². The van der Waals surface area contributed by atoms with Gasteiger partial charge in [0.1, 0.15) is 0 Å². The summed E-state index contributed by atoms with van der Waals surface area (Å²) in [5.74, 6) is 1.75. The Balaban J connectivity index is 1.18. The Labute approximate surface area is 297 Å². The van der Waals surface area contributed by atoms with Crippen LogP contribution in [-0.2, 0) is 5.41 Å². The van der Waals surface area contributed by atoms with Crippen molar-refractivity contribution in [3.63, 3.8) is 0 Å². The average molecular weight is 650 g/mol. The number of anilines is 3. The van der Waals surface area contributed by atoms with Crippen LogP contribution in [0.5, 0.6) is 11.5 Å². The number of hydrogen-bond acceptors (Lipinski definition) is 2. The molecule has 11 rings (SSSR count). The molecule has 1 aliphatic heterocycles. The summed E-state index contributed by atoms with van der Waals surface area (Å²) in [5, 5.41) is 0. The highest BCUT2D eigenvalue weighted by Gasteiger charge is 2.54. The summed E-state index contributed by atoms with van der Waals surface area (Å²) in [6.07, 6.45) is 0. The SMILES string of the molecule is c1ccc(-c2cccc(-c3ccc4c(c3)Oc3c(ccc5c3C3(c6ccccc6-c6ccccc63)c3ccccc3-5)N4c3ccccc3)c2)cc1. The Bertz CT molecular complexity index is 2610. The van der Waals surface area contributed by atoms with E-state index in [1.807, 2.05) is 0 Å². The van der Waals surface area contributed by atoms with Gasteiger partial charge in [-0.15, -0.1) is 0 Å². The van der Waals surface area contributed by atoms with Crippen LogP contribution in [0.3, 0.4) is 0 Å². The van der Waals surface area contributed by atoms with Gasteiger partial charge in [-0.3, -0.25) is 0 Å². The molecule has 1 spiro atoms. The van der Waals surface area contributed by atoms with Crippen molar-refractivity contribution in [1.82, 2.24) is 0 Å². The first-order valence-corrected chi connectivity index (χ1v) is 17.6. The molecule has 0 fully saturated rings. The van der Waals surface area contributed by atoms with Gasteiger partial charge in [0, 0.05) is 11.3 Å². The third-order valence-corrected chi connectivity index (χ3v) is 11.1. The van der Waals surface area contributed by atoms with Gasteiger partial charge >= 0.3 is 0 Å². The zero-order valence-electron chi connectivity index (χ0n) is 27.8. The third kappa shape index (κ3) is 3.87. The van der Waals surface area contributed by atoms with Crippen LogP contribution >= 0.6 is 0 Å². The van der Waals surface area contributed by atoms with Gasteiger partial charge in [0.05, 0.1) is 16.8 Å². The molecule has 0 N–H and O–H groups in total. The minimum Gasteiger partial charge on any atom is -0.453 e. The fourth-order valence-electron chi connectivity index (χ4n) is 8.99. The van der Waals surface area contributed by atoms with Crippen LogP contribution in [0.15, 0.2) is 188 Å². The molecule has 2 heteroatoms. The number of hydrogen-bond donors (Lipinski definition) is 0. The molecule has 0 saturated heterocycles. The predicted octanol–water partition coefficient (Wildman–Crippen LogP) is 12.9. The molecular formula is C49H31NO. The summed E-state index contributed by atoms with van der Waals surface area (Å²) in [7, 11) is 0. The Kier molecular flexibility index (Phi) is 5.91. The molecule has 51 heavy (non-hydrogen) atoms. The van der Waals surface area contributed by atoms with Gasteiger partial charge in [0.15, 0.2) is 11.5 Å². The van der Waals surface area contributed by atoms with E-state index in [2.05, 4.69) is 193 Å². The van der Waals surface area contributed by atoms with Crippen molar-refractivity contribution in [2.45, 2.75) is 5.41 Å². The first-order valence-electron chi connectivity index (χ1n) is 17.6. The van der Waals surface area contributed by atoms with Crippen LogP contribution in [0.25, 0.3) is 44.5 Å². The molecule has 2 nitrogen and oxygen atoms in total. The van der Waals surface area contributed by atoms with E-state index in [1.165, 1.54) is 55.6 Å². The van der Waals surface area contributed by atoms with Crippen LogP contribution < -0.4 is 9.64 Å². The molecule has 0 atom stereocenters. The van der Waals surface area contributed by atoms with Crippen molar-refractivity contribution in [2.24, 2.45) is 0 Å². The molecular weight excluding hydrogens is 619 g/mol. The standard InChI is InChI=1S/C49H31NO/c1-3-14-32(15-4-1)33-16-13-17-34(30-33)35-26-28-44-46(31-35)51-48-45(50(44)36-18-5-2-6-19-36)29-27-40-39-22-9-12-25-43(39)49(47(40)48)41-23-10-7-20-37(41)38-21-8-11-24-42(38)49/h1-31H. The lowest BCUT2D eigenvalue weighted by Crippen LogP contribution is -2.28. The lowest BCUT2D eigenvalue weighted by molar-refractivity contribution is 0.466. The minimum atomic E-state index is -0.522. The lowest BCUT2D eigenvalue weighted by Gasteiger charge is -2.37. The molecule has 8 aromatic carbocycles. The zero-order valence-corrected chi connectivity index (χ0v) is 27.8. The summed E-state index contributed by atoms with van der Waals surface area (Å²) < 4.78 is 7.36. The summed E-state index contributed by atoms with van der Waals surface area (Å²) in [4.78, 5) is 2.38. The maximum absolute atomic E-state index is 7.36. The van der Waals surface area contributed by atoms with E-state index in [1.54, 1.807) is 0 Å². The lowest BCUT2D eigenvalue weighted by atomic mass is 9.70. The molecule has 0 radical (unpaired) electrons. The molecule has 0 bridgehead atoms. The highest BCUT2D eigenvalue weighted by molar-refractivity contribution is 6.00. The van der Waals surface area contributed by atoms with Gasteiger partial charge < -0.3 is 9.64 Å². The van der Waals surface area contributed by atoms with E-state index < -0.39 is 5.41 Å². The fourth-order valence-corrected chi connectivity index (χ4v) is 8.99. The maximum Gasteiger partial charge on any atom is 0.156 e. The van der Waals surface area contributed by atoms with Crippen molar-refractivity contribution < 1.29 is 4.74 Å². The van der Waals surface area contributed by atoms with Gasteiger partial charge in [-0.2, -0.15) is 0 Å². The molecule has 3 aliphatic rings. The molecule has 0 unspecified atom stereocenters. The maximum atomic E-state index is 7.36. The predicted molar refractivity (Wildman–Crippen MR) is 208 cm³/mol. The number of para-hydroxylation sites is 1. The van der Waals surface area contributed by atoms with Crippen molar-refractivity contribution >= 4 is 17.1 Å². The van der Waals surface area contributed by atoms with E-state index in [4.69, 9.17) is 4.74 Å². The van der Waals surface area contributed by atoms with Gasteiger partial charge in [-0.05, 0) is 97.6 Å². The molecule has 0 saturated carbocycles. The Morgan fingerprint density at radius 2 is 0.882 bits per heavy atom. The molecule has 1 heterocycles. The largest absolute Gasteiger partial charge is 0.453 e. The smallest absolute Gasteiger partial charge is 0.156 e. The molecule has 238 valence electrons. The summed E-state index contributed by atoms with van der Waals surface area (Å²) in [6.45, 7) is 0. The van der Waals surface area contributed by atoms with Crippen LogP contribution in [0.4, 0.5) is 17.1 Å². The Morgan fingerprint density at radius 3 is 1.55 bits per heavy atom. The number of ether oxygens (including phenoxy) is 1. The summed E-state index contributed by atoms with van der Waals surface area (Å²) >= 11 is 0. The van der Waals surface area contributed by atoms with Gasteiger partial charge in [-0.25, -0.2) is 0 Å². The number of fused-ring (bicyclic) bond motifs is 13. The summed E-state index contributed by atoms with van der Waals surface area (Å²) in [5.41, 5.74) is 17.5. The van der Waals surface area contributed by atoms with Crippen molar-refractivity contribution in [2.75, 3.05) is 4.90 Å². The Hall–Kier alpha value is -6.64. The van der Waals surface area contributed by atoms with Crippen LogP contribution in [-0.4, -0.2) is 0 Å². The second kappa shape index (κ2) is 10.7. The summed E-state index contributed by atoms with van der Waals surface area (Å²) in [6, 6.07) is 68.1. The second-order valence-corrected chi connectivity index (χ2v) is 13.6. The van der Waals surface area contributed by atoms with E-state index in [9.17, 15) is 0 Å². The van der Waals surface area contributed by atoms with E-state index in [0.717, 1.165) is 39.7 Å². The fraction of sp³-hybridized carbons (Fsp3) is 0.0204. The van der Waals surface area contributed by atoms with Crippen molar-refractivity contribution in [1.29, 1.82) is 0 Å². The Morgan fingerprint density at radius 1 is 0.373 bits per heavy atom. The van der Waals surface area contributed by atoms with Crippen LogP contribution in [0.2, 0.25) is 0 Å². The van der Waals surface area contributed by atoms with Gasteiger partial charge in [-0.1, -0.05) is 152 Å². The van der Waals surface area contributed by atoms with E-state index >= 15 is 0 Å². The van der Waals surface area contributed by atoms with E-state index in [-0.39, 0.29) is 0 Å². The number of rotatable bonds is 3. The van der Waals surface area contributed by atoms with Crippen molar-refractivity contribution in [3.8, 4) is 56.0 Å². The second-order valence-electron chi connectivity index (χ2n) is 13.6. The monoisotopic (exact) mass is 649 g/mol.